The molecule has 0 aliphatic heterocycles. The number of amides is 2. The number of nitrogens with one attached hydrogen (secondary N) is 2. The summed E-state index contributed by atoms with van der Waals surface area (Å²) in [6.45, 7) is -0.158. The average molecular weight is 300 g/mol. The number of alkyl halides is 3. The van der Waals surface area contributed by atoms with Gasteiger partial charge >= 0.3 is 6.18 Å². The quantitative estimate of drug-likeness (QED) is 0.868. The zero-order valence-electron chi connectivity index (χ0n) is 11.2. The maximum Gasteiger partial charge on any atom is 0.416 e. The zero-order chi connectivity index (χ0) is 15.5. The van der Waals surface area contributed by atoms with E-state index in [9.17, 15) is 22.8 Å². The predicted octanol–water partition coefficient (Wildman–Crippen LogP) is 1.64. The SMILES string of the molecule is O=C(Cc1cccc(C(F)(F)F)c1)NCC(=O)NC1CC1. The monoisotopic (exact) mass is 300 g/mol. The first-order chi connectivity index (χ1) is 9.84. The van der Waals surface area contributed by atoms with E-state index in [1.54, 1.807) is 0 Å². The van der Waals surface area contributed by atoms with Gasteiger partial charge in [-0.1, -0.05) is 18.2 Å². The summed E-state index contributed by atoms with van der Waals surface area (Å²) in [4.78, 5) is 23.0. The van der Waals surface area contributed by atoms with E-state index in [0.717, 1.165) is 25.0 Å². The smallest absolute Gasteiger partial charge is 0.352 e. The van der Waals surface area contributed by atoms with Crippen molar-refractivity contribution in [2.24, 2.45) is 0 Å². The molecule has 1 saturated carbocycles. The zero-order valence-corrected chi connectivity index (χ0v) is 11.2. The second kappa shape index (κ2) is 6.15. The van der Waals surface area contributed by atoms with Crippen molar-refractivity contribution in [2.45, 2.75) is 31.5 Å². The highest BCUT2D eigenvalue weighted by Gasteiger charge is 2.30. The molecular weight excluding hydrogens is 285 g/mol. The molecule has 0 spiro atoms. The van der Waals surface area contributed by atoms with Crippen molar-refractivity contribution in [1.29, 1.82) is 0 Å². The lowest BCUT2D eigenvalue weighted by Crippen LogP contribution is -2.38. The number of hydrogen-bond acceptors (Lipinski definition) is 2. The third-order valence-electron chi connectivity index (χ3n) is 3.01. The number of hydrogen-bond donors (Lipinski definition) is 2. The third-order valence-corrected chi connectivity index (χ3v) is 3.01. The van der Waals surface area contributed by atoms with E-state index in [0.29, 0.717) is 0 Å². The Kier molecular flexibility index (Phi) is 4.50. The molecule has 1 aliphatic rings. The van der Waals surface area contributed by atoms with Crippen LogP contribution in [0.4, 0.5) is 13.2 Å². The van der Waals surface area contributed by atoms with Crippen LogP contribution in [0.25, 0.3) is 0 Å². The van der Waals surface area contributed by atoms with Gasteiger partial charge in [0.15, 0.2) is 0 Å². The molecule has 0 unspecified atom stereocenters. The van der Waals surface area contributed by atoms with E-state index in [2.05, 4.69) is 10.6 Å². The molecule has 114 valence electrons. The molecule has 1 aliphatic carbocycles. The second-order valence-corrected chi connectivity index (χ2v) is 4.99. The van der Waals surface area contributed by atoms with Gasteiger partial charge in [0, 0.05) is 6.04 Å². The van der Waals surface area contributed by atoms with Crippen LogP contribution in [0.2, 0.25) is 0 Å². The summed E-state index contributed by atoms with van der Waals surface area (Å²) in [7, 11) is 0. The molecule has 2 amide bonds. The maximum atomic E-state index is 12.5. The van der Waals surface area contributed by atoms with Crippen LogP contribution in [-0.4, -0.2) is 24.4 Å². The van der Waals surface area contributed by atoms with Crippen molar-refractivity contribution >= 4 is 11.8 Å². The van der Waals surface area contributed by atoms with E-state index in [1.807, 2.05) is 0 Å². The van der Waals surface area contributed by atoms with Crippen molar-refractivity contribution in [3.63, 3.8) is 0 Å². The summed E-state index contributed by atoms with van der Waals surface area (Å²) >= 11 is 0. The van der Waals surface area contributed by atoms with Gasteiger partial charge in [-0.25, -0.2) is 0 Å². The van der Waals surface area contributed by atoms with Crippen LogP contribution in [0.3, 0.4) is 0 Å². The van der Waals surface area contributed by atoms with Gasteiger partial charge in [-0.3, -0.25) is 9.59 Å². The van der Waals surface area contributed by atoms with Crippen molar-refractivity contribution in [3.05, 3.63) is 35.4 Å². The Hall–Kier alpha value is -2.05. The molecule has 0 aromatic heterocycles. The molecule has 21 heavy (non-hydrogen) atoms. The Labute approximate surface area is 119 Å². The highest BCUT2D eigenvalue weighted by molar-refractivity contribution is 5.85. The Balaban J connectivity index is 1.83. The highest BCUT2D eigenvalue weighted by Crippen LogP contribution is 2.29. The molecule has 1 fully saturated rings. The van der Waals surface area contributed by atoms with Gasteiger partial charge in [0.2, 0.25) is 11.8 Å². The first kappa shape index (κ1) is 15.3. The summed E-state index contributed by atoms with van der Waals surface area (Å²) in [6.07, 6.45) is -2.73. The molecule has 2 rings (SSSR count). The van der Waals surface area contributed by atoms with Gasteiger partial charge in [-0.2, -0.15) is 13.2 Å². The fourth-order valence-corrected chi connectivity index (χ4v) is 1.79. The fraction of sp³-hybridized carbons (Fsp3) is 0.429. The van der Waals surface area contributed by atoms with Gasteiger partial charge in [0.1, 0.15) is 0 Å². The molecule has 0 saturated heterocycles. The summed E-state index contributed by atoms with van der Waals surface area (Å²) < 4.78 is 37.6. The Bertz CT molecular complexity index is 539. The lowest BCUT2D eigenvalue weighted by molar-refractivity contribution is -0.137. The van der Waals surface area contributed by atoms with E-state index in [1.165, 1.54) is 12.1 Å². The topological polar surface area (TPSA) is 58.2 Å². The van der Waals surface area contributed by atoms with Crippen LogP contribution in [-0.2, 0) is 22.2 Å². The van der Waals surface area contributed by atoms with Crippen LogP contribution in [0.15, 0.2) is 24.3 Å². The van der Waals surface area contributed by atoms with Gasteiger partial charge in [-0.15, -0.1) is 0 Å². The first-order valence-electron chi connectivity index (χ1n) is 6.57. The van der Waals surface area contributed by atoms with E-state index >= 15 is 0 Å². The minimum Gasteiger partial charge on any atom is -0.352 e. The standard InChI is InChI=1S/C14H15F3N2O2/c15-14(16,17)10-3-1-2-9(6-10)7-12(20)18-8-13(21)19-11-4-5-11/h1-3,6,11H,4-5,7-8H2,(H,18,20)(H,19,21). The summed E-state index contributed by atoms with van der Waals surface area (Å²) in [5.74, 6) is -0.768. The van der Waals surface area contributed by atoms with Gasteiger partial charge < -0.3 is 10.6 Å². The van der Waals surface area contributed by atoms with Crippen molar-refractivity contribution < 1.29 is 22.8 Å². The summed E-state index contributed by atoms with van der Waals surface area (Å²) in [6, 6.07) is 4.79. The number of carbonyl (C=O) groups is 2. The predicted molar refractivity (Wildman–Crippen MR) is 69.3 cm³/mol. The third kappa shape index (κ3) is 5.09. The van der Waals surface area contributed by atoms with Crippen LogP contribution in [0.1, 0.15) is 24.0 Å². The molecular formula is C14H15F3N2O2. The van der Waals surface area contributed by atoms with E-state index in [-0.39, 0.29) is 30.5 Å². The highest BCUT2D eigenvalue weighted by atomic mass is 19.4. The largest absolute Gasteiger partial charge is 0.416 e. The molecule has 4 nitrogen and oxygen atoms in total. The lowest BCUT2D eigenvalue weighted by Gasteiger charge is -2.09. The van der Waals surface area contributed by atoms with Crippen molar-refractivity contribution in [1.82, 2.24) is 10.6 Å². The Morgan fingerprint density at radius 1 is 1.19 bits per heavy atom. The molecule has 0 radical (unpaired) electrons. The van der Waals surface area contributed by atoms with E-state index < -0.39 is 17.6 Å². The number of carbonyl (C=O) groups excluding carboxylic acids is 2. The fourth-order valence-electron chi connectivity index (χ4n) is 1.79. The lowest BCUT2D eigenvalue weighted by atomic mass is 10.1. The molecule has 1 aromatic carbocycles. The molecule has 7 heteroatoms. The maximum absolute atomic E-state index is 12.5. The first-order valence-corrected chi connectivity index (χ1v) is 6.57. The summed E-state index contributed by atoms with van der Waals surface area (Å²) in [5.41, 5.74) is -0.538. The van der Waals surface area contributed by atoms with Gasteiger partial charge in [0.25, 0.3) is 0 Å². The molecule has 1 aromatic rings. The molecule has 2 N–H and O–H groups in total. The number of benzene rings is 1. The van der Waals surface area contributed by atoms with Crippen LogP contribution in [0.5, 0.6) is 0 Å². The second-order valence-electron chi connectivity index (χ2n) is 4.99. The number of rotatable bonds is 5. The van der Waals surface area contributed by atoms with Crippen molar-refractivity contribution in [2.75, 3.05) is 6.54 Å². The minimum absolute atomic E-state index is 0.158. The Morgan fingerprint density at radius 2 is 1.90 bits per heavy atom. The summed E-state index contributed by atoms with van der Waals surface area (Å²) in [5, 5.41) is 5.09. The Morgan fingerprint density at radius 3 is 2.52 bits per heavy atom. The van der Waals surface area contributed by atoms with Gasteiger partial charge in [-0.05, 0) is 24.5 Å². The van der Waals surface area contributed by atoms with Gasteiger partial charge in [0.05, 0.1) is 18.5 Å². The number of halogens is 3. The van der Waals surface area contributed by atoms with E-state index in [4.69, 9.17) is 0 Å². The van der Waals surface area contributed by atoms with Crippen LogP contribution < -0.4 is 10.6 Å². The molecule has 0 atom stereocenters. The van der Waals surface area contributed by atoms with Crippen molar-refractivity contribution in [3.8, 4) is 0 Å². The molecule has 0 heterocycles. The average Bonchev–Trinajstić information content (AvgIpc) is 3.20. The molecule has 0 bridgehead atoms. The normalized spacial score (nSPS) is 14.6. The minimum atomic E-state index is -4.43. The van der Waals surface area contributed by atoms with Crippen LogP contribution in [0, 0.1) is 0 Å². The van der Waals surface area contributed by atoms with Crippen LogP contribution >= 0.6 is 0 Å².